The Bertz CT molecular complexity index is 600. The molecule has 0 fully saturated rings. The van der Waals surface area contributed by atoms with E-state index in [9.17, 15) is 0 Å². The van der Waals surface area contributed by atoms with E-state index in [0.717, 1.165) is 22.8 Å². The summed E-state index contributed by atoms with van der Waals surface area (Å²) >= 11 is 0. The Kier molecular flexibility index (Phi) is 4.53. The number of ether oxygens (including phenoxy) is 2. The number of aromatic amines is 1. The molecule has 0 unspecified atom stereocenters. The second-order valence-electron chi connectivity index (χ2n) is 5.92. The van der Waals surface area contributed by atoms with Gasteiger partial charge in [-0.25, -0.2) is 4.98 Å². The largest absolute Gasteiger partial charge is 0.493 e. The molecule has 5 nitrogen and oxygen atoms in total. The maximum Gasteiger partial charge on any atom is 0.161 e. The molecule has 2 aromatic rings. The topological polar surface area (TPSA) is 59.2 Å². The Morgan fingerprint density at radius 1 is 1.14 bits per heavy atom. The van der Waals surface area contributed by atoms with Crippen LogP contribution >= 0.6 is 0 Å². The minimum Gasteiger partial charge on any atom is -0.493 e. The molecule has 0 aliphatic heterocycles. The predicted molar refractivity (Wildman–Crippen MR) is 83.7 cm³/mol. The molecule has 0 saturated carbocycles. The summed E-state index contributed by atoms with van der Waals surface area (Å²) in [5, 5.41) is 3.41. The first kappa shape index (κ1) is 15.4. The van der Waals surface area contributed by atoms with Gasteiger partial charge in [-0.1, -0.05) is 0 Å². The third-order valence-corrected chi connectivity index (χ3v) is 3.11. The Hall–Kier alpha value is -2.01. The van der Waals surface area contributed by atoms with Crippen molar-refractivity contribution in [2.45, 2.75) is 32.9 Å². The fraction of sp³-hybridized carbons (Fsp3) is 0.438. The van der Waals surface area contributed by atoms with Crippen molar-refractivity contribution in [2.75, 3.05) is 14.2 Å². The first-order valence-electron chi connectivity index (χ1n) is 6.94. The van der Waals surface area contributed by atoms with Gasteiger partial charge in [0.05, 0.1) is 32.7 Å². The van der Waals surface area contributed by atoms with E-state index in [-0.39, 0.29) is 5.54 Å². The van der Waals surface area contributed by atoms with Crippen LogP contribution in [-0.2, 0) is 6.54 Å². The van der Waals surface area contributed by atoms with Crippen molar-refractivity contribution in [1.82, 2.24) is 15.3 Å². The highest BCUT2D eigenvalue weighted by molar-refractivity contribution is 5.63. The van der Waals surface area contributed by atoms with E-state index in [1.54, 1.807) is 14.2 Å². The van der Waals surface area contributed by atoms with Gasteiger partial charge in [0.15, 0.2) is 11.5 Å². The number of rotatable bonds is 5. The normalized spacial score (nSPS) is 11.5. The fourth-order valence-corrected chi connectivity index (χ4v) is 1.95. The van der Waals surface area contributed by atoms with Gasteiger partial charge in [-0.15, -0.1) is 0 Å². The lowest BCUT2D eigenvalue weighted by molar-refractivity contribution is 0.355. The Balaban J connectivity index is 2.17. The van der Waals surface area contributed by atoms with E-state index in [2.05, 4.69) is 36.1 Å². The van der Waals surface area contributed by atoms with E-state index in [4.69, 9.17) is 9.47 Å². The summed E-state index contributed by atoms with van der Waals surface area (Å²) in [6.07, 6.45) is 1.83. The van der Waals surface area contributed by atoms with E-state index < -0.39 is 0 Å². The number of H-pyrrole nitrogens is 1. The van der Waals surface area contributed by atoms with Crippen LogP contribution < -0.4 is 14.8 Å². The van der Waals surface area contributed by atoms with Gasteiger partial charge >= 0.3 is 0 Å². The van der Waals surface area contributed by atoms with Crippen LogP contribution in [-0.4, -0.2) is 29.7 Å². The highest BCUT2D eigenvalue weighted by Crippen LogP contribution is 2.31. The van der Waals surface area contributed by atoms with Crippen molar-refractivity contribution in [3.63, 3.8) is 0 Å². The number of hydrogen-bond acceptors (Lipinski definition) is 4. The molecule has 0 saturated heterocycles. The van der Waals surface area contributed by atoms with Gasteiger partial charge in [0.2, 0.25) is 0 Å². The Morgan fingerprint density at radius 2 is 1.86 bits per heavy atom. The van der Waals surface area contributed by atoms with Gasteiger partial charge in [0.25, 0.3) is 0 Å². The average molecular weight is 289 g/mol. The fourth-order valence-electron chi connectivity index (χ4n) is 1.95. The van der Waals surface area contributed by atoms with Crippen LogP contribution in [0.2, 0.25) is 0 Å². The number of nitrogens with one attached hydrogen (secondary N) is 2. The average Bonchev–Trinajstić information content (AvgIpc) is 2.92. The van der Waals surface area contributed by atoms with Crippen molar-refractivity contribution < 1.29 is 9.47 Å². The van der Waals surface area contributed by atoms with Crippen molar-refractivity contribution in [3.05, 3.63) is 30.2 Å². The number of nitrogens with zero attached hydrogens (tertiary/aromatic N) is 1. The summed E-state index contributed by atoms with van der Waals surface area (Å²) in [5.41, 5.74) is 2.04. The highest BCUT2D eigenvalue weighted by atomic mass is 16.5. The molecule has 0 radical (unpaired) electrons. The van der Waals surface area contributed by atoms with Crippen LogP contribution in [0, 0.1) is 0 Å². The van der Waals surface area contributed by atoms with Crippen LogP contribution in [0.25, 0.3) is 11.3 Å². The molecule has 0 spiro atoms. The van der Waals surface area contributed by atoms with Crippen molar-refractivity contribution >= 4 is 0 Å². The molecule has 1 heterocycles. The molecule has 5 heteroatoms. The van der Waals surface area contributed by atoms with Crippen LogP contribution in [0.15, 0.2) is 24.4 Å². The zero-order valence-electron chi connectivity index (χ0n) is 13.3. The summed E-state index contributed by atoms with van der Waals surface area (Å²) in [6.45, 7) is 7.10. The van der Waals surface area contributed by atoms with Crippen LogP contribution in [0.5, 0.6) is 11.5 Å². The molecule has 21 heavy (non-hydrogen) atoms. The molecule has 0 aliphatic rings. The van der Waals surface area contributed by atoms with Crippen molar-refractivity contribution in [1.29, 1.82) is 0 Å². The molecule has 1 aromatic carbocycles. The second-order valence-corrected chi connectivity index (χ2v) is 5.92. The number of imidazole rings is 1. The van der Waals surface area contributed by atoms with Crippen LogP contribution in [0.4, 0.5) is 0 Å². The van der Waals surface area contributed by atoms with Gasteiger partial charge in [0, 0.05) is 11.1 Å². The van der Waals surface area contributed by atoms with Gasteiger partial charge < -0.3 is 19.8 Å². The third-order valence-electron chi connectivity index (χ3n) is 3.11. The first-order valence-corrected chi connectivity index (χ1v) is 6.94. The second kappa shape index (κ2) is 6.18. The third kappa shape index (κ3) is 3.98. The van der Waals surface area contributed by atoms with Crippen LogP contribution in [0.3, 0.4) is 0 Å². The van der Waals surface area contributed by atoms with Gasteiger partial charge in [-0.3, -0.25) is 0 Å². The molecule has 0 bridgehead atoms. The SMILES string of the molecule is COc1ccc(-c2cnc(CNC(C)(C)C)[nH]2)cc1OC. The number of benzene rings is 1. The number of aromatic nitrogens is 2. The molecule has 2 N–H and O–H groups in total. The van der Waals surface area contributed by atoms with Gasteiger partial charge in [0.1, 0.15) is 5.82 Å². The summed E-state index contributed by atoms with van der Waals surface area (Å²) in [5.74, 6) is 2.34. The molecule has 1 aromatic heterocycles. The first-order chi connectivity index (χ1) is 9.93. The van der Waals surface area contributed by atoms with Gasteiger partial charge in [-0.05, 0) is 39.0 Å². The van der Waals surface area contributed by atoms with Crippen molar-refractivity contribution in [2.24, 2.45) is 0 Å². The molecular weight excluding hydrogens is 266 g/mol. The lowest BCUT2D eigenvalue weighted by Gasteiger charge is -2.19. The smallest absolute Gasteiger partial charge is 0.161 e. The molecular formula is C16H23N3O2. The lowest BCUT2D eigenvalue weighted by atomic mass is 10.1. The zero-order valence-corrected chi connectivity index (χ0v) is 13.3. The highest BCUT2D eigenvalue weighted by Gasteiger charge is 2.11. The van der Waals surface area contributed by atoms with E-state index in [1.165, 1.54) is 0 Å². The monoisotopic (exact) mass is 289 g/mol. The quantitative estimate of drug-likeness (QED) is 0.888. The summed E-state index contributed by atoms with van der Waals surface area (Å²) in [7, 11) is 3.26. The minimum atomic E-state index is 0.0658. The Morgan fingerprint density at radius 3 is 2.48 bits per heavy atom. The maximum absolute atomic E-state index is 5.33. The summed E-state index contributed by atoms with van der Waals surface area (Å²) in [6, 6.07) is 5.81. The molecule has 2 rings (SSSR count). The van der Waals surface area contributed by atoms with E-state index in [1.807, 2.05) is 24.4 Å². The van der Waals surface area contributed by atoms with E-state index in [0.29, 0.717) is 12.3 Å². The molecule has 0 amide bonds. The van der Waals surface area contributed by atoms with Crippen molar-refractivity contribution in [3.8, 4) is 22.8 Å². The summed E-state index contributed by atoms with van der Waals surface area (Å²) < 4.78 is 10.6. The minimum absolute atomic E-state index is 0.0658. The number of hydrogen-bond donors (Lipinski definition) is 2. The molecule has 0 atom stereocenters. The lowest BCUT2D eigenvalue weighted by Crippen LogP contribution is -2.35. The predicted octanol–water partition coefficient (Wildman–Crippen LogP) is 2.98. The van der Waals surface area contributed by atoms with Crippen LogP contribution in [0.1, 0.15) is 26.6 Å². The Labute approximate surface area is 125 Å². The molecule has 0 aliphatic carbocycles. The summed E-state index contributed by atoms with van der Waals surface area (Å²) in [4.78, 5) is 7.72. The van der Waals surface area contributed by atoms with Gasteiger partial charge in [-0.2, -0.15) is 0 Å². The standard InChI is InChI=1S/C16H23N3O2/c1-16(2,3)18-10-15-17-9-12(19-15)11-6-7-13(20-4)14(8-11)21-5/h6-9,18H,10H2,1-5H3,(H,17,19). The van der Waals surface area contributed by atoms with E-state index >= 15 is 0 Å². The zero-order chi connectivity index (χ0) is 15.5. The molecule has 114 valence electrons. The maximum atomic E-state index is 5.33. The number of methoxy groups -OCH3 is 2.